The summed E-state index contributed by atoms with van der Waals surface area (Å²) in [7, 11) is 1.93. The summed E-state index contributed by atoms with van der Waals surface area (Å²) in [5.41, 5.74) is 0.779. The van der Waals surface area contributed by atoms with Gasteiger partial charge in [-0.1, -0.05) is 0 Å². The Labute approximate surface area is 99.8 Å². The molecule has 1 unspecified atom stereocenters. The lowest BCUT2D eigenvalue weighted by molar-refractivity contribution is -0.384. The lowest BCUT2D eigenvalue weighted by Crippen LogP contribution is -2.24. The predicted molar refractivity (Wildman–Crippen MR) is 65.1 cm³/mol. The summed E-state index contributed by atoms with van der Waals surface area (Å²) in [6.07, 6.45) is 3.99. The molecule has 1 aliphatic heterocycles. The molecule has 0 amide bonds. The lowest BCUT2D eigenvalue weighted by atomic mass is 10.1. The normalized spacial score (nSPS) is 19.6. The number of hydrogen-bond donors (Lipinski definition) is 1. The molecule has 92 valence electrons. The van der Waals surface area contributed by atoms with Crippen molar-refractivity contribution in [1.82, 2.24) is 10.3 Å². The van der Waals surface area contributed by atoms with Crippen LogP contribution >= 0.6 is 0 Å². The summed E-state index contributed by atoms with van der Waals surface area (Å²) in [5.74, 6) is 0.563. The molecule has 2 rings (SSSR count). The molecular weight excluding hydrogens is 220 g/mol. The van der Waals surface area contributed by atoms with E-state index in [9.17, 15) is 10.1 Å². The quantitative estimate of drug-likeness (QED) is 0.624. The van der Waals surface area contributed by atoms with Crippen LogP contribution in [0.2, 0.25) is 0 Å². The van der Waals surface area contributed by atoms with Crippen molar-refractivity contribution in [3.63, 3.8) is 0 Å². The predicted octanol–water partition coefficient (Wildman–Crippen LogP) is 1.04. The van der Waals surface area contributed by atoms with Gasteiger partial charge in [-0.3, -0.25) is 15.1 Å². The molecule has 1 atom stereocenters. The maximum absolute atomic E-state index is 10.9. The molecule has 1 aromatic rings. The van der Waals surface area contributed by atoms with E-state index in [2.05, 4.69) is 15.2 Å². The van der Waals surface area contributed by atoms with Gasteiger partial charge in [-0.05, 0) is 32.0 Å². The largest absolute Gasteiger partial charge is 0.366 e. The second kappa shape index (κ2) is 5.09. The highest BCUT2D eigenvalue weighted by Crippen LogP contribution is 2.30. The van der Waals surface area contributed by atoms with Crippen molar-refractivity contribution in [1.29, 1.82) is 0 Å². The van der Waals surface area contributed by atoms with E-state index in [0.717, 1.165) is 26.1 Å². The molecule has 1 N–H and O–H groups in total. The number of nitrogens with zero attached hydrogens (tertiary/aromatic N) is 3. The molecule has 0 spiro atoms. The van der Waals surface area contributed by atoms with Crippen molar-refractivity contribution >= 4 is 11.4 Å². The Bertz CT molecular complexity index is 410. The molecule has 0 bridgehead atoms. The fraction of sp³-hybridized carbons (Fsp3) is 0.545. The minimum absolute atomic E-state index is 0.0950. The summed E-state index contributed by atoms with van der Waals surface area (Å²) < 4.78 is 0. The number of nitrogens with one attached hydrogen (secondary N) is 1. The molecule has 1 aliphatic rings. The molecule has 0 saturated carbocycles. The molecule has 1 fully saturated rings. The van der Waals surface area contributed by atoms with Crippen LogP contribution in [0.25, 0.3) is 0 Å². The van der Waals surface area contributed by atoms with Gasteiger partial charge in [-0.15, -0.1) is 0 Å². The SMILES string of the molecule is CNCC1CCN(c2ccncc2[N+](=O)[O-])C1. The van der Waals surface area contributed by atoms with Crippen LogP contribution < -0.4 is 10.2 Å². The number of anilines is 1. The summed E-state index contributed by atoms with van der Waals surface area (Å²) >= 11 is 0. The van der Waals surface area contributed by atoms with Crippen LogP contribution in [0.1, 0.15) is 6.42 Å². The van der Waals surface area contributed by atoms with Gasteiger partial charge < -0.3 is 10.2 Å². The van der Waals surface area contributed by atoms with Crippen molar-refractivity contribution < 1.29 is 4.92 Å². The Morgan fingerprint density at radius 1 is 1.71 bits per heavy atom. The van der Waals surface area contributed by atoms with Crippen LogP contribution in [0, 0.1) is 16.0 Å². The van der Waals surface area contributed by atoms with E-state index in [1.807, 2.05) is 7.05 Å². The van der Waals surface area contributed by atoms with E-state index in [4.69, 9.17) is 0 Å². The van der Waals surface area contributed by atoms with Gasteiger partial charge in [0.05, 0.1) is 4.92 Å². The molecule has 0 aromatic carbocycles. The van der Waals surface area contributed by atoms with Crippen LogP contribution in [-0.4, -0.2) is 36.6 Å². The Kier molecular flexibility index (Phi) is 3.53. The lowest BCUT2D eigenvalue weighted by Gasteiger charge is -2.18. The van der Waals surface area contributed by atoms with Crippen molar-refractivity contribution in [2.75, 3.05) is 31.6 Å². The first kappa shape index (κ1) is 11.8. The third-order valence-electron chi connectivity index (χ3n) is 3.09. The van der Waals surface area contributed by atoms with Crippen LogP contribution in [0.5, 0.6) is 0 Å². The fourth-order valence-corrected chi connectivity index (χ4v) is 2.29. The topological polar surface area (TPSA) is 71.3 Å². The number of pyridine rings is 1. The van der Waals surface area contributed by atoms with Crippen LogP contribution in [-0.2, 0) is 0 Å². The van der Waals surface area contributed by atoms with Crippen molar-refractivity contribution in [3.8, 4) is 0 Å². The second-order valence-electron chi connectivity index (χ2n) is 4.28. The Balaban J connectivity index is 2.16. The summed E-state index contributed by atoms with van der Waals surface area (Å²) in [6, 6.07) is 1.72. The van der Waals surface area contributed by atoms with E-state index in [-0.39, 0.29) is 10.6 Å². The summed E-state index contributed by atoms with van der Waals surface area (Å²) in [6.45, 7) is 2.69. The first-order chi connectivity index (χ1) is 8.22. The molecule has 1 aromatic heterocycles. The zero-order chi connectivity index (χ0) is 12.3. The van der Waals surface area contributed by atoms with Gasteiger partial charge in [0.15, 0.2) is 0 Å². The average molecular weight is 236 g/mol. The van der Waals surface area contributed by atoms with Crippen LogP contribution in [0.15, 0.2) is 18.5 Å². The van der Waals surface area contributed by atoms with Crippen LogP contribution in [0.3, 0.4) is 0 Å². The Hall–Kier alpha value is -1.69. The Morgan fingerprint density at radius 3 is 3.24 bits per heavy atom. The van der Waals surface area contributed by atoms with E-state index in [1.54, 1.807) is 12.3 Å². The fourth-order valence-electron chi connectivity index (χ4n) is 2.29. The first-order valence-corrected chi connectivity index (χ1v) is 5.70. The van der Waals surface area contributed by atoms with E-state index in [1.165, 1.54) is 6.20 Å². The van der Waals surface area contributed by atoms with Crippen molar-refractivity contribution in [2.24, 2.45) is 5.92 Å². The molecule has 6 heteroatoms. The standard InChI is InChI=1S/C11H16N4O2/c1-12-6-9-3-5-14(8-9)10-2-4-13-7-11(10)15(16)17/h2,4,7,9,12H,3,5-6,8H2,1H3. The van der Waals surface area contributed by atoms with Crippen LogP contribution in [0.4, 0.5) is 11.4 Å². The monoisotopic (exact) mass is 236 g/mol. The van der Waals surface area contributed by atoms with E-state index in [0.29, 0.717) is 11.6 Å². The number of nitro groups is 1. The van der Waals surface area contributed by atoms with Gasteiger partial charge in [-0.25, -0.2) is 0 Å². The van der Waals surface area contributed by atoms with Gasteiger partial charge in [0, 0.05) is 19.3 Å². The highest BCUT2D eigenvalue weighted by molar-refractivity contribution is 5.62. The molecule has 17 heavy (non-hydrogen) atoms. The molecular formula is C11H16N4O2. The van der Waals surface area contributed by atoms with Gasteiger partial charge in [0.1, 0.15) is 11.9 Å². The van der Waals surface area contributed by atoms with Gasteiger partial charge >= 0.3 is 5.69 Å². The molecule has 1 saturated heterocycles. The average Bonchev–Trinajstić information content (AvgIpc) is 2.78. The Morgan fingerprint density at radius 2 is 2.53 bits per heavy atom. The minimum atomic E-state index is -0.367. The van der Waals surface area contributed by atoms with Gasteiger partial charge in [-0.2, -0.15) is 0 Å². The van der Waals surface area contributed by atoms with E-state index >= 15 is 0 Å². The maximum Gasteiger partial charge on any atom is 0.310 e. The highest BCUT2D eigenvalue weighted by atomic mass is 16.6. The zero-order valence-electron chi connectivity index (χ0n) is 9.80. The second-order valence-corrected chi connectivity index (χ2v) is 4.28. The molecule has 6 nitrogen and oxygen atoms in total. The molecule has 2 heterocycles. The van der Waals surface area contributed by atoms with Crippen molar-refractivity contribution in [2.45, 2.75) is 6.42 Å². The summed E-state index contributed by atoms with van der Waals surface area (Å²) in [4.78, 5) is 16.4. The molecule has 0 aliphatic carbocycles. The zero-order valence-corrected chi connectivity index (χ0v) is 9.80. The summed E-state index contributed by atoms with van der Waals surface area (Å²) in [5, 5.41) is 14.1. The number of rotatable bonds is 4. The first-order valence-electron chi connectivity index (χ1n) is 5.70. The number of aromatic nitrogens is 1. The third-order valence-corrected chi connectivity index (χ3v) is 3.09. The van der Waals surface area contributed by atoms with Gasteiger partial charge in [0.25, 0.3) is 0 Å². The maximum atomic E-state index is 10.9. The van der Waals surface area contributed by atoms with Crippen molar-refractivity contribution in [3.05, 3.63) is 28.6 Å². The number of hydrogen-bond acceptors (Lipinski definition) is 5. The highest BCUT2D eigenvalue weighted by Gasteiger charge is 2.26. The minimum Gasteiger partial charge on any atom is -0.366 e. The van der Waals surface area contributed by atoms with E-state index < -0.39 is 0 Å². The third kappa shape index (κ3) is 2.52. The smallest absolute Gasteiger partial charge is 0.310 e. The van der Waals surface area contributed by atoms with Gasteiger partial charge in [0.2, 0.25) is 0 Å². The molecule has 0 radical (unpaired) electrons.